The third-order valence-electron chi connectivity index (χ3n) is 6.45. The number of hydrogen-bond donors (Lipinski definition) is 1. The third kappa shape index (κ3) is 6.40. The molecule has 13 heteroatoms. The molecule has 0 saturated heterocycles. The first-order valence-electron chi connectivity index (χ1n) is 12.1. The Morgan fingerprint density at radius 1 is 0.974 bits per heavy atom. The first-order chi connectivity index (χ1) is 18.4. The Hall–Kier alpha value is -3.90. The lowest BCUT2D eigenvalue weighted by Crippen LogP contribution is -2.58. The second kappa shape index (κ2) is 11.1. The summed E-state index contributed by atoms with van der Waals surface area (Å²) in [6.07, 6.45) is -8.81. The molecule has 0 saturated carbocycles. The molecule has 2 aromatic carbocycles. The number of halogens is 6. The summed E-state index contributed by atoms with van der Waals surface area (Å²) in [7, 11) is 0. The van der Waals surface area contributed by atoms with Crippen molar-refractivity contribution < 1.29 is 35.9 Å². The standard InChI is InChI=1S/C26H25F6N5O2/c1-17-5-7-18(8-6-17)21-15-24(26(30,31)32,34-23(38)22(21)37-16-33-35-36-37)19-9-11-20(12-10-19)39-14-4-2-3-13-25(27,28)29/h5-12,16H,2-4,13-15H2,1H3,(H,34,38)/t24-/m0/s1. The van der Waals surface area contributed by atoms with Crippen LogP contribution in [0.3, 0.4) is 0 Å². The van der Waals surface area contributed by atoms with Crippen molar-refractivity contribution in [2.45, 2.75) is 56.9 Å². The number of unbranched alkanes of at least 4 members (excludes halogenated alkanes) is 2. The zero-order valence-corrected chi connectivity index (χ0v) is 20.8. The molecule has 0 bridgehead atoms. The maximum Gasteiger partial charge on any atom is 0.416 e. The molecule has 0 unspecified atom stereocenters. The van der Waals surface area contributed by atoms with Gasteiger partial charge in [0.25, 0.3) is 5.91 Å². The number of benzene rings is 2. The maximum absolute atomic E-state index is 14.8. The van der Waals surface area contributed by atoms with Crippen LogP contribution in [-0.2, 0) is 10.3 Å². The minimum atomic E-state index is -4.88. The van der Waals surface area contributed by atoms with Crippen LogP contribution < -0.4 is 10.1 Å². The molecular weight excluding hydrogens is 528 g/mol. The Labute approximate surface area is 219 Å². The van der Waals surface area contributed by atoms with Crippen molar-refractivity contribution in [1.29, 1.82) is 0 Å². The number of carbonyl (C=O) groups excluding carboxylic acids is 1. The topological polar surface area (TPSA) is 81.9 Å². The molecule has 0 aliphatic carbocycles. The predicted octanol–water partition coefficient (Wildman–Crippen LogP) is 5.83. The van der Waals surface area contributed by atoms with Crippen molar-refractivity contribution in [1.82, 2.24) is 25.5 Å². The van der Waals surface area contributed by atoms with E-state index in [1.165, 1.54) is 24.3 Å². The highest BCUT2D eigenvalue weighted by molar-refractivity contribution is 6.23. The van der Waals surface area contributed by atoms with Crippen LogP contribution in [0.1, 0.15) is 48.8 Å². The molecule has 0 radical (unpaired) electrons. The van der Waals surface area contributed by atoms with E-state index in [4.69, 9.17) is 4.74 Å². The summed E-state index contributed by atoms with van der Waals surface area (Å²) in [5.41, 5.74) is -1.66. The number of tetrazole rings is 1. The molecule has 0 spiro atoms. The highest BCUT2D eigenvalue weighted by Gasteiger charge is 2.59. The fourth-order valence-electron chi connectivity index (χ4n) is 4.42. The van der Waals surface area contributed by atoms with Crippen molar-refractivity contribution in [2.75, 3.05) is 6.61 Å². The molecule has 2 heterocycles. The molecule has 1 aliphatic heterocycles. The van der Waals surface area contributed by atoms with Crippen LogP contribution in [0.25, 0.3) is 11.3 Å². The second-order valence-corrected chi connectivity index (χ2v) is 9.28. The molecule has 1 N–H and O–H groups in total. The van der Waals surface area contributed by atoms with Gasteiger partial charge >= 0.3 is 12.4 Å². The van der Waals surface area contributed by atoms with Crippen LogP contribution in [0.5, 0.6) is 5.75 Å². The van der Waals surface area contributed by atoms with E-state index < -0.39 is 36.6 Å². The lowest BCUT2D eigenvalue weighted by Gasteiger charge is -2.41. The Kier molecular flexibility index (Phi) is 7.98. The Bertz CT molecular complexity index is 1300. The van der Waals surface area contributed by atoms with Crippen molar-refractivity contribution in [3.8, 4) is 5.75 Å². The minimum absolute atomic E-state index is 0.0247. The predicted molar refractivity (Wildman–Crippen MR) is 129 cm³/mol. The molecular formula is C26H25F6N5O2. The fourth-order valence-corrected chi connectivity index (χ4v) is 4.42. The zero-order chi connectivity index (χ0) is 28.3. The average Bonchev–Trinajstić information content (AvgIpc) is 3.39. The number of aryl methyl sites for hydroxylation is 1. The molecule has 1 atom stereocenters. The van der Waals surface area contributed by atoms with Crippen LogP contribution >= 0.6 is 0 Å². The highest BCUT2D eigenvalue weighted by atomic mass is 19.4. The van der Waals surface area contributed by atoms with Gasteiger partial charge in [0.05, 0.1) is 6.61 Å². The van der Waals surface area contributed by atoms with Gasteiger partial charge in [0.1, 0.15) is 17.8 Å². The maximum atomic E-state index is 14.8. The first-order valence-corrected chi connectivity index (χ1v) is 12.1. The minimum Gasteiger partial charge on any atom is -0.494 e. The van der Waals surface area contributed by atoms with Gasteiger partial charge in [-0.15, -0.1) is 5.10 Å². The number of ether oxygens (including phenoxy) is 1. The molecule has 0 fully saturated rings. The van der Waals surface area contributed by atoms with E-state index in [1.807, 2.05) is 6.92 Å². The average molecular weight is 554 g/mol. The van der Waals surface area contributed by atoms with E-state index in [9.17, 15) is 31.1 Å². The van der Waals surface area contributed by atoms with Gasteiger partial charge in [-0.3, -0.25) is 4.79 Å². The summed E-state index contributed by atoms with van der Waals surface area (Å²) in [6.45, 7) is 1.95. The number of aromatic nitrogens is 4. The monoisotopic (exact) mass is 553 g/mol. The van der Waals surface area contributed by atoms with Crippen molar-refractivity contribution in [3.05, 3.63) is 71.5 Å². The normalized spacial score (nSPS) is 18.3. The number of hydrogen-bond acceptors (Lipinski definition) is 5. The van der Waals surface area contributed by atoms with Gasteiger partial charge in [0, 0.05) is 12.8 Å². The van der Waals surface area contributed by atoms with Crippen molar-refractivity contribution >= 4 is 17.2 Å². The molecule has 4 rings (SSSR count). The SMILES string of the molecule is Cc1ccc(C2=C(n3cnnn3)C(=O)N[C@@](c3ccc(OCCCCCC(F)(F)F)cc3)(C(F)(F)F)C2)cc1. The largest absolute Gasteiger partial charge is 0.494 e. The summed E-state index contributed by atoms with van der Waals surface area (Å²) in [5.74, 6) is -0.738. The molecule has 3 aromatic rings. The van der Waals surface area contributed by atoms with Crippen molar-refractivity contribution in [3.63, 3.8) is 0 Å². The van der Waals surface area contributed by atoms with Crippen LogP contribution in [-0.4, -0.2) is 45.1 Å². The van der Waals surface area contributed by atoms with Gasteiger partial charge in [-0.25, -0.2) is 0 Å². The van der Waals surface area contributed by atoms with Gasteiger partial charge < -0.3 is 10.1 Å². The summed E-state index contributed by atoms with van der Waals surface area (Å²) >= 11 is 0. The smallest absolute Gasteiger partial charge is 0.416 e. The number of amides is 1. The van der Waals surface area contributed by atoms with Gasteiger partial charge in [-0.05, 0) is 65.4 Å². The van der Waals surface area contributed by atoms with E-state index in [-0.39, 0.29) is 35.6 Å². The number of alkyl halides is 6. The zero-order valence-electron chi connectivity index (χ0n) is 20.8. The summed E-state index contributed by atoms with van der Waals surface area (Å²) in [4.78, 5) is 13.3. The third-order valence-corrected chi connectivity index (χ3v) is 6.45. The van der Waals surface area contributed by atoms with Gasteiger partial charge in [0.2, 0.25) is 0 Å². The molecule has 1 amide bonds. The highest BCUT2D eigenvalue weighted by Crippen LogP contribution is 2.49. The molecule has 1 aromatic heterocycles. The molecule has 39 heavy (non-hydrogen) atoms. The number of rotatable bonds is 9. The Morgan fingerprint density at radius 2 is 1.67 bits per heavy atom. The summed E-state index contributed by atoms with van der Waals surface area (Å²) in [5, 5.41) is 12.9. The summed E-state index contributed by atoms with van der Waals surface area (Å²) < 4.78 is 87.6. The Morgan fingerprint density at radius 3 is 2.26 bits per heavy atom. The van der Waals surface area contributed by atoms with Crippen molar-refractivity contribution in [2.24, 2.45) is 0 Å². The molecule has 208 valence electrons. The molecule has 1 aliphatic rings. The van der Waals surface area contributed by atoms with Crippen LogP contribution in [0.2, 0.25) is 0 Å². The molecule has 7 nitrogen and oxygen atoms in total. The number of nitrogens with zero attached hydrogens (tertiary/aromatic N) is 4. The lowest BCUT2D eigenvalue weighted by atomic mass is 9.77. The van der Waals surface area contributed by atoms with Gasteiger partial charge in [-0.2, -0.15) is 31.0 Å². The van der Waals surface area contributed by atoms with Crippen LogP contribution in [0.4, 0.5) is 26.3 Å². The van der Waals surface area contributed by atoms with Crippen LogP contribution in [0.15, 0.2) is 54.9 Å². The van der Waals surface area contributed by atoms with E-state index in [1.54, 1.807) is 24.3 Å². The number of carbonyl (C=O) groups is 1. The quantitative estimate of drug-likeness (QED) is 0.267. The van der Waals surface area contributed by atoms with E-state index in [0.29, 0.717) is 18.4 Å². The number of nitrogens with one attached hydrogen (secondary N) is 1. The fraction of sp³-hybridized carbons (Fsp3) is 0.385. The second-order valence-electron chi connectivity index (χ2n) is 9.28. The first kappa shape index (κ1) is 28.1. The van der Waals surface area contributed by atoms with E-state index >= 15 is 0 Å². The van der Waals surface area contributed by atoms with E-state index in [0.717, 1.165) is 16.6 Å². The van der Waals surface area contributed by atoms with Gasteiger partial charge in [-0.1, -0.05) is 42.0 Å². The lowest BCUT2D eigenvalue weighted by molar-refractivity contribution is -0.201. The summed E-state index contributed by atoms with van der Waals surface area (Å²) in [6, 6.07) is 11.9. The van der Waals surface area contributed by atoms with Crippen LogP contribution in [0, 0.1) is 6.92 Å². The van der Waals surface area contributed by atoms with E-state index in [2.05, 4.69) is 20.8 Å². The Balaban J connectivity index is 1.61. The van der Waals surface area contributed by atoms with Gasteiger partial charge in [0.15, 0.2) is 5.54 Å².